The molecule has 2 aliphatic heterocycles. The predicted octanol–water partition coefficient (Wildman–Crippen LogP) is 4.80. The van der Waals surface area contributed by atoms with Crippen LogP contribution in [0.25, 0.3) is 28.0 Å². The van der Waals surface area contributed by atoms with Crippen molar-refractivity contribution >= 4 is 28.8 Å². The molecule has 208 valence electrons. The molecule has 0 spiro atoms. The highest BCUT2D eigenvalue weighted by atomic mass is 19.4. The number of nitrogens with zero attached hydrogens (tertiary/aromatic N) is 4. The number of carbonyl (C=O) groups is 1. The van der Waals surface area contributed by atoms with Crippen LogP contribution in [-0.4, -0.2) is 60.0 Å². The van der Waals surface area contributed by atoms with E-state index in [9.17, 15) is 27.9 Å². The van der Waals surface area contributed by atoms with Gasteiger partial charge in [0.05, 0.1) is 30.5 Å². The van der Waals surface area contributed by atoms with Gasteiger partial charge < -0.3 is 28.6 Å². The number of rotatable bonds is 6. The van der Waals surface area contributed by atoms with Crippen molar-refractivity contribution in [1.29, 1.82) is 0 Å². The molecule has 2 saturated heterocycles. The van der Waals surface area contributed by atoms with Crippen LogP contribution in [0.15, 0.2) is 57.9 Å². The van der Waals surface area contributed by atoms with Gasteiger partial charge in [-0.15, -0.1) is 0 Å². The first-order chi connectivity index (χ1) is 19.1. The number of methoxy groups -OCH3 is 1. The number of hydrogen-bond acceptors (Lipinski definition) is 7. The first-order valence-corrected chi connectivity index (χ1v) is 12.8. The van der Waals surface area contributed by atoms with Gasteiger partial charge in [0, 0.05) is 49.9 Å². The lowest BCUT2D eigenvalue weighted by Gasteiger charge is -2.36. The van der Waals surface area contributed by atoms with E-state index < -0.39 is 28.7 Å². The van der Waals surface area contributed by atoms with Gasteiger partial charge in [0.15, 0.2) is 11.0 Å². The zero-order valence-electron chi connectivity index (χ0n) is 21.4. The number of fused-ring (bicyclic) bond motifs is 1. The van der Waals surface area contributed by atoms with Crippen LogP contribution in [-0.2, 0) is 10.9 Å². The summed E-state index contributed by atoms with van der Waals surface area (Å²) in [5.41, 5.74) is -0.488. The third kappa shape index (κ3) is 4.57. The third-order valence-corrected chi connectivity index (χ3v) is 7.42. The number of benzene rings is 2. The van der Waals surface area contributed by atoms with Crippen LogP contribution in [0.3, 0.4) is 0 Å². The molecule has 1 N–H and O–H groups in total. The van der Waals surface area contributed by atoms with Crippen molar-refractivity contribution in [3.05, 3.63) is 70.0 Å². The van der Waals surface area contributed by atoms with Gasteiger partial charge in [-0.3, -0.25) is 4.79 Å². The van der Waals surface area contributed by atoms with Crippen molar-refractivity contribution in [3.8, 4) is 16.9 Å². The standard InChI is InChI=1S/C28H25F3N4O5/c1-39-18-13-34(14-18)27-32-21-6-5-17(11-25(21)40-27)35-15-19(26(37)38)24(36)12-23(35)16-4-7-22(33-8-2-3-9-33)20(10-16)28(29,30)31/h4-7,10-12,15,18H,2-3,8-9,13-14H2,1H3,(H,37,38). The van der Waals surface area contributed by atoms with E-state index in [1.165, 1.54) is 16.7 Å². The molecule has 0 aliphatic carbocycles. The number of carboxylic acids is 1. The zero-order chi connectivity index (χ0) is 28.2. The molecule has 2 fully saturated rings. The Hall–Kier alpha value is -4.32. The highest BCUT2D eigenvalue weighted by molar-refractivity contribution is 5.88. The molecule has 0 amide bonds. The van der Waals surface area contributed by atoms with Crippen molar-refractivity contribution in [1.82, 2.24) is 9.55 Å². The molecule has 4 heterocycles. The number of aromatic carboxylic acids is 1. The number of hydrogen-bond donors (Lipinski definition) is 1. The summed E-state index contributed by atoms with van der Waals surface area (Å²) in [5, 5.41) is 9.61. The quantitative estimate of drug-likeness (QED) is 0.363. The first kappa shape index (κ1) is 25.9. The number of anilines is 2. The van der Waals surface area contributed by atoms with E-state index in [1.54, 1.807) is 30.2 Å². The maximum atomic E-state index is 14.2. The summed E-state index contributed by atoms with van der Waals surface area (Å²) < 4.78 is 55.2. The second-order valence-corrected chi connectivity index (χ2v) is 9.95. The first-order valence-electron chi connectivity index (χ1n) is 12.8. The monoisotopic (exact) mass is 554 g/mol. The predicted molar refractivity (Wildman–Crippen MR) is 141 cm³/mol. The summed E-state index contributed by atoms with van der Waals surface area (Å²) in [5.74, 6) is -1.45. The molecule has 2 aliphatic rings. The molecule has 0 saturated carbocycles. The minimum atomic E-state index is -4.63. The molecule has 0 unspecified atom stereocenters. The average Bonchev–Trinajstić information content (AvgIpc) is 3.57. The highest BCUT2D eigenvalue weighted by Crippen LogP contribution is 2.40. The van der Waals surface area contributed by atoms with Gasteiger partial charge in [-0.2, -0.15) is 18.2 Å². The highest BCUT2D eigenvalue weighted by Gasteiger charge is 2.36. The Kier molecular flexibility index (Phi) is 6.29. The van der Waals surface area contributed by atoms with Gasteiger partial charge in [0.1, 0.15) is 11.1 Å². The van der Waals surface area contributed by atoms with Gasteiger partial charge in [-0.1, -0.05) is 6.07 Å². The molecule has 0 atom stereocenters. The number of pyridine rings is 1. The van der Waals surface area contributed by atoms with E-state index in [2.05, 4.69) is 4.98 Å². The fraction of sp³-hybridized carbons (Fsp3) is 0.321. The molecule has 2 aromatic carbocycles. The Labute approximate surface area is 226 Å². The summed E-state index contributed by atoms with van der Waals surface area (Å²) in [6.07, 6.45) is -1.80. The van der Waals surface area contributed by atoms with E-state index in [4.69, 9.17) is 9.15 Å². The van der Waals surface area contributed by atoms with Crippen LogP contribution >= 0.6 is 0 Å². The van der Waals surface area contributed by atoms with Crippen LogP contribution < -0.4 is 15.2 Å². The second-order valence-electron chi connectivity index (χ2n) is 9.95. The second kappa shape index (κ2) is 9.70. The molecule has 2 aromatic heterocycles. The van der Waals surface area contributed by atoms with Gasteiger partial charge >= 0.3 is 12.1 Å². The number of oxazole rings is 1. The summed E-state index contributed by atoms with van der Waals surface area (Å²) in [6.45, 7) is 2.31. The Bertz CT molecular complexity index is 1670. The fourth-order valence-electron chi connectivity index (χ4n) is 5.22. The van der Waals surface area contributed by atoms with Crippen LogP contribution in [0.2, 0.25) is 0 Å². The molecule has 0 bridgehead atoms. The molecule has 4 aromatic rings. The number of aromatic nitrogens is 2. The van der Waals surface area contributed by atoms with Crippen molar-refractivity contribution in [3.63, 3.8) is 0 Å². The molecule has 40 heavy (non-hydrogen) atoms. The minimum Gasteiger partial charge on any atom is -0.477 e. The number of carboxylic acid groups (broad SMARTS) is 1. The van der Waals surface area contributed by atoms with Crippen molar-refractivity contribution < 1.29 is 32.2 Å². The van der Waals surface area contributed by atoms with E-state index in [0.717, 1.165) is 31.2 Å². The van der Waals surface area contributed by atoms with Crippen molar-refractivity contribution in [2.75, 3.05) is 43.1 Å². The lowest BCUT2D eigenvalue weighted by Crippen LogP contribution is -2.52. The summed E-state index contributed by atoms with van der Waals surface area (Å²) >= 11 is 0. The van der Waals surface area contributed by atoms with Gasteiger partial charge in [-0.25, -0.2) is 4.79 Å². The number of ether oxygens (including phenoxy) is 1. The average molecular weight is 555 g/mol. The van der Waals surface area contributed by atoms with Crippen LogP contribution in [0, 0.1) is 0 Å². The number of halogens is 3. The normalized spacial score (nSPS) is 16.1. The minimum absolute atomic E-state index is 0.0853. The SMILES string of the molecule is COC1CN(c2nc3ccc(-n4cc(C(=O)O)c(=O)cc4-c4ccc(N5CCCC5)c(C(F)(F)F)c4)cc3o2)C1. The zero-order valence-corrected chi connectivity index (χ0v) is 21.4. The Morgan fingerprint density at radius 3 is 2.50 bits per heavy atom. The van der Waals surface area contributed by atoms with E-state index >= 15 is 0 Å². The lowest BCUT2D eigenvalue weighted by molar-refractivity contribution is -0.137. The Morgan fingerprint density at radius 1 is 1.07 bits per heavy atom. The van der Waals surface area contributed by atoms with Crippen LogP contribution in [0.5, 0.6) is 0 Å². The van der Waals surface area contributed by atoms with E-state index in [-0.39, 0.29) is 23.0 Å². The van der Waals surface area contributed by atoms with Crippen molar-refractivity contribution in [2.24, 2.45) is 0 Å². The van der Waals surface area contributed by atoms with Gasteiger partial charge in [-0.05, 0) is 42.7 Å². The smallest absolute Gasteiger partial charge is 0.418 e. The Balaban J connectivity index is 1.48. The van der Waals surface area contributed by atoms with E-state index in [1.807, 2.05) is 4.90 Å². The van der Waals surface area contributed by atoms with Gasteiger partial charge in [0.2, 0.25) is 0 Å². The largest absolute Gasteiger partial charge is 0.477 e. The third-order valence-electron chi connectivity index (χ3n) is 7.42. The molecule has 12 heteroatoms. The maximum absolute atomic E-state index is 14.2. The van der Waals surface area contributed by atoms with E-state index in [0.29, 0.717) is 49.0 Å². The topological polar surface area (TPSA) is 101 Å². The molecular weight excluding hydrogens is 529 g/mol. The molecular formula is C28H25F3N4O5. The van der Waals surface area contributed by atoms with Gasteiger partial charge in [0.25, 0.3) is 6.01 Å². The molecule has 0 radical (unpaired) electrons. The summed E-state index contributed by atoms with van der Waals surface area (Å²) in [6, 6.07) is 10.3. The number of alkyl halides is 3. The maximum Gasteiger partial charge on any atom is 0.418 e. The molecule has 9 nitrogen and oxygen atoms in total. The van der Waals surface area contributed by atoms with Crippen molar-refractivity contribution in [2.45, 2.75) is 25.1 Å². The molecule has 6 rings (SSSR count). The lowest BCUT2D eigenvalue weighted by atomic mass is 10.0. The summed E-state index contributed by atoms with van der Waals surface area (Å²) in [4.78, 5) is 32.6. The van der Waals surface area contributed by atoms with Crippen LogP contribution in [0.1, 0.15) is 28.8 Å². The Morgan fingerprint density at radius 2 is 1.82 bits per heavy atom. The van der Waals surface area contributed by atoms with Crippen LogP contribution in [0.4, 0.5) is 24.9 Å². The summed E-state index contributed by atoms with van der Waals surface area (Å²) in [7, 11) is 1.63. The fourth-order valence-corrected chi connectivity index (χ4v) is 5.22.